The molecule has 2 N–H and O–H groups in total. The van der Waals surface area contributed by atoms with Crippen molar-refractivity contribution in [1.29, 1.82) is 0 Å². The zero-order valence-corrected chi connectivity index (χ0v) is 11.1. The van der Waals surface area contributed by atoms with Crippen molar-refractivity contribution in [3.05, 3.63) is 60.2 Å². The highest BCUT2D eigenvalue weighted by atomic mass is 14.5. The molecule has 0 saturated heterocycles. The second kappa shape index (κ2) is 7.41. The fourth-order valence-corrected chi connectivity index (χ4v) is 1.90. The lowest BCUT2D eigenvalue weighted by atomic mass is 10.0. The van der Waals surface area contributed by atoms with Crippen molar-refractivity contribution in [2.75, 3.05) is 6.54 Å². The smallest absolute Gasteiger partial charge is 0.0245 e. The third-order valence-electron chi connectivity index (χ3n) is 2.98. The van der Waals surface area contributed by atoms with Crippen LogP contribution in [0.2, 0.25) is 0 Å². The van der Waals surface area contributed by atoms with Crippen LogP contribution in [0, 0.1) is 11.8 Å². The molecule has 2 rings (SSSR count). The Balaban J connectivity index is 1.99. The van der Waals surface area contributed by atoms with E-state index in [-0.39, 0.29) is 0 Å². The number of nitrogens with two attached hydrogens (primary N) is 1. The van der Waals surface area contributed by atoms with E-state index in [1.807, 2.05) is 6.07 Å². The normalized spacial score (nSPS) is 9.74. The second-order valence-corrected chi connectivity index (χ2v) is 4.49. The van der Waals surface area contributed by atoms with Gasteiger partial charge in [0.2, 0.25) is 0 Å². The summed E-state index contributed by atoms with van der Waals surface area (Å²) >= 11 is 0. The molecule has 0 aromatic heterocycles. The molecule has 0 unspecified atom stereocenters. The molecule has 1 nitrogen and oxygen atoms in total. The quantitative estimate of drug-likeness (QED) is 0.646. The Morgan fingerprint density at radius 3 is 2.16 bits per heavy atom. The van der Waals surface area contributed by atoms with Crippen LogP contribution in [-0.4, -0.2) is 6.54 Å². The summed E-state index contributed by atoms with van der Waals surface area (Å²) in [4.78, 5) is 0. The molecule has 19 heavy (non-hydrogen) atoms. The van der Waals surface area contributed by atoms with Gasteiger partial charge in [-0.25, -0.2) is 0 Å². The number of benzene rings is 2. The van der Waals surface area contributed by atoms with Crippen LogP contribution < -0.4 is 5.73 Å². The van der Waals surface area contributed by atoms with Crippen LogP contribution in [0.3, 0.4) is 0 Å². The maximum absolute atomic E-state index is 5.45. The maximum atomic E-state index is 5.45. The van der Waals surface area contributed by atoms with E-state index in [4.69, 9.17) is 5.73 Å². The number of hydrogen-bond acceptors (Lipinski definition) is 1. The van der Waals surface area contributed by atoms with Crippen molar-refractivity contribution in [3.63, 3.8) is 0 Å². The summed E-state index contributed by atoms with van der Waals surface area (Å²) < 4.78 is 0. The maximum Gasteiger partial charge on any atom is 0.0245 e. The van der Waals surface area contributed by atoms with Gasteiger partial charge >= 0.3 is 0 Å². The molecular formula is C18H19N. The first-order valence-electron chi connectivity index (χ1n) is 6.74. The third kappa shape index (κ3) is 4.28. The molecule has 96 valence electrons. The van der Waals surface area contributed by atoms with Gasteiger partial charge in [-0.3, -0.25) is 0 Å². The lowest BCUT2D eigenvalue weighted by molar-refractivity contribution is 0.768. The van der Waals surface area contributed by atoms with E-state index in [1.165, 1.54) is 11.1 Å². The number of rotatable bonds is 4. The van der Waals surface area contributed by atoms with Crippen molar-refractivity contribution in [2.45, 2.75) is 19.3 Å². The van der Waals surface area contributed by atoms with Crippen LogP contribution in [0.25, 0.3) is 11.1 Å². The van der Waals surface area contributed by atoms with Crippen molar-refractivity contribution >= 4 is 0 Å². The molecule has 0 bridgehead atoms. The van der Waals surface area contributed by atoms with Crippen LogP contribution in [0.15, 0.2) is 54.6 Å². The zero-order valence-electron chi connectivity index (χ0n) is 11.1. The van der Waals surface area contributed by atoms with Gasteiger partial charge in [0, 0.05) is 12.0 Å². The lowest BCUT2D eigenvalue weighted by Gasteiger charge is -2.00. The van der Waals surface area contributed by atoms with Crippen molar-refractivity contribution in [2.24, 2.45) is 5.73 Å². The predicted octanol–water partition coefficient (Wildman–Crippen LogP) is 3.83. The average Bonchev–Trinajstić information content (AvgIpc) is 2.49. The molecule has 1 heteroatoms. The molecule has 0 heterocycles. The number of unbranched alkanes of at least 4 members (excludes halogenated alkanes) is 2. The average molecular weight is 249 g/mol. The first-order chi connectivity index (χ1) is 9.40. The molecule has 0 atom stereocenters. The van der Waals surface area contributed by atoms with E-state index in [0.717, 1.165) is 31.4 Å². The van der Waals surface area contributed by atoms with Gasteiger partial charge < -0.3 is 5.73 Å². The van der Waals surface area contributed by atoms with Crippen LogP contribution >= 0.6 is 0 Å². The molecule has 0 saturated carbocycles. The largest absolute Gasteiger partial charge is 0.330 e. The number of hydrogen-bond donors (Lipinski definition) is 1. The van der Waals surface area contributed by atoms with Gasteiger partial charge in [-0.2, -0.15) is 0 Å². The second-order valence-electron chi connectivity index (χ2n) is 4.49. The Bertz CT molecular complexity index is 544. The van der Waals surface area contributed by atoms with E-state index in [1.54, 1.807) is 0 Å². The minimum Gasteiger partial charge on any atom is -0.330 e. The van der Waals surface area contributed by atoms with Gasteiger partial charge in [-0.05, 0) is 42.6 Å². The Morgan fingerprint density at radius 2 is 1.47 bits per heavy atom. The van der Waals surface area contributed by atoms with Gasteiger partial charge in [0.05, 0.1) is 0 Å². The summed E-state index contributed by atoms with van der Waals surface area (Å²) in [6.45, 7) is 0.757. The Labute approximate surface area is 115 Å². The van der Waals surface area contributed by atoms with E-state index in [2.05, 4.69) is 60.4 Å². The minimum atomic E-state index is 0.757. The highest BCUT2D eigenvalue weighted by molar-refractivity contribution is 5.64. The SMILES string of the molecule is NCCCCC#Cc1ccc(-c2ccccc2)cc1. The molecule has 2 aromatic carbocycles. The van der Waals surface area contributed by atoms with Gasteiger partial charge in [0.25, 0.3) is 0 Å². The summed E-state index contributed by atoms with van der Waals surface area (Å²) in [7, 11) is 0. The molecule has 0 radical (unpaired) electrons. The summed E-state index contributed by atoms with van der Waals surface area (Å²) in [6, 6.07) is 18.8. The molecule has 2 aromatic rings. The van der Waals surface area contributed by atoms with Crippen molar-refractivity contribution in [1.82, 2.24) is 0 Å². The van der Waals surface area contributed by atoms with Crippen LogP contribution in [0.5, 0.6) is 0 Å². The van der Waals surface area contributed by atoms with Crippen LogP contribution in [-0.2, 0) is 0 Å². The zero-order chi connectivity index (χ0) is 13.3. The fourth-order valence-electron chi connectivity index (χ4n) is 1.90. The Kier molecular flexibility index (Phi) is 5.22. The van der Waals surface area contributed by atoms with Crippen molar-refractivity contribution in [3.8, 4) is 23.0 Å². The molecule has 0 aliphatic heterocycles. The van der Waals surface area contributed by atoms with Gasteiger partial charge in [-0.15, -0.1) is 0 Å². The summed E-state index contributed by atoms with van der Waals surface area (Å²) in [5.74, 6) is 6.38. The van der Waals surface area contributed by atoms with Crippen molar-refractivity contribution < 1.29 is 0 Å². The van der Waals surface area contributed by atoms with E-state index in [9.17, 15) is 0 Å². The monoisotopic (exact) mass is 249 g/mol. The molecule has 0 aliphatic rings. The standard InChI is InChI=1S/C18H19N/c19-15-7-2-1-4-8-16-11-13-18(14-12-16)17-9-5-3-6-10-17/h3,5-6,9-14H,1-2,7,15,19H2. The summed E-state index contributed by atoms with van der Waals surface area (Å²) in [5.41, 5.74) is 8.99. The van der Waals surface area contributed by atoms with E-state index in [0.29, 0.717) is 0 Å². The van der Waals surface area contributed by atoms with Crippen LogP contribution in [0.4, 0.5) is 0 Å². The lowest BCUT2D eigenvalue weighted by Crippen LogP contribution is -1.96. The fraction of sp³-hybridized carbons (Fsp3) is 0.222. The Hall–Kier alpha value is -2.04. The predicted molar refractivity (Wildman–Crippen MR) is 81.7 cm³/mol. The van der Waals surface area contributed by atoms with E-state index >= 15 is 0 Å². The first kappa shape index (κ1) is 13.4. The highest BCUT2D eigenvalue weighted by Crippen LogP contribution is 2.18. The molecular weight excluding hydrogens is 230 g/mol. The molecule has 0 spiro atoms. The summed E-state index contributed by atoms with van der Waals surface area (Å²) in [5, 5.41) is 0. The van der Waals surface area contributed by atoms with Gasteiger partial charge in [0.1, 0.15) is 0 Å². The molecule has 0 fully saturated rings. The topological polar surface area (TPSA) is 26.0 Å². The Morgan fingerprint density at radius 1 is 0.789 bits per heavy atom. The van der Waals surface area contributed by atoms with Gasteiger partial charge in [0.15, 0.2) is 0 Å². The van der Waals surface area contributed by atoms with Crippen LogP contribution in [0.1, 0.15) is 24.8 Å². The summed E-state index contributed by atoms with van der Waals surface area (Å²) in [6.07, 6.45) is 3.07. The third-order valence-corrected chi connectivity index (χ3v) is 2.98. The minimum absolute atomic E-state index is 0.757. The molecule has 0 aliphatic carbocycles. The highest BCUT2D eigenvalue weighted by Gasteiger charge is 1.95. The first-order valence-corrected chi connectivity index (χ1v) is 6.74. The molecule has 0 amide bonds. The van der Waals surface area contributed by atoms with Gasteiger partial charge in [-0.1, -0.05) is 54.3 Å². The van der Waals surface area contributed by atoms with E-state index < -0.39 is 0 Å².